The summed E-state index contributed by atoms with van der Waals surface area (Å²) in [6.07, 6.45) is 2.84. The molecule has 0 spiro atoms. The number of ketones is 1. The zero-order valence-corrected chi connectivity index (χ0v) is 15.9. The molecule has 3 aromatic rings. The van der Waals surface area contributed by atoms with Gasteiger partial charge in [0.1, 0.15) is 11.6 Å². The fourth-order valence-corrected chi connectivity index (χ4v) is 2.60. The van der Waals surface area contributed by atoms with Crippen molar-refractivity contribution in [2.75, 3.05) is 0 Å². The average molecular weight is 405 g/mol. The number of nitrogens with zero attached hydrogens (tertiary/aromatic N) is 1. The van der Waals surface area contributed by atoms with E-state index in [0.29, 0.717) is 0 Å². The van der Waals surface area contributed by atoms with Crippen LogP contribution in [0.15, 0.2) is 72.8 Å². The Kier molecular flexibility index (Phi) is 6.12. The third-order valence-electron chi connectivity index (χ3n) is 4.23. The van der Waals surface area contributed by atoms with Crippen molar-refractivity contribution in [1.82, 2.24) is 0 Å². The number of hydrogen-bond donors (Lipinski definition) is 0. The van der Waals surface area contributed by atoms with Gasteiger partial charge < -0.3 is 4.74 Å². The molecule has 0 aliphatic heterocycles. The molecule has 0 heterocycles. The van der Waals surface area contributed by atoms with Gasteiger partial charge in [-0.1, -0.05) is 35.9 Å². The molecule has 6 nitrogen and oxygen atoms in total. The van der Waals surface area contributed by atoms with Crippen LogP contribution in [-0.2, 0) is 0 Å². The van der Waals surface area contributed by atoms with Crippen LogP contribution in [0.1, 0.15) is 31.8 Å². The Morgan fingerprint density at radius 2 is 1.67 bits per heavy atom. The summed E-state index contributed by atoms with van der Waals surface area (Å²) >= 11 is 0. The molecule has 0 fully saturated rings. The normalized spacial score (nSPS) is 10.7. The van der Waals surface area contributed by atoms with Gasteiger partial charge in [-0.05, 0) is 48.9 Å². The second-order valence-corrected chi connectivity index (χ2v) is 6.44. The van der Waals surface area contributed by atoms with Gasteiger partial charge in [-0.3, -0.25) is 14.9 Å². The Morgan fingerprint density at radius 1 is 1.00 bits per heavy atom. The third kappa shape index (κ3) is 5.02. The van der Waals surface area contributed by atoms with E-state index in [1.807, 2.05) is 31.2 Å². The van der Waals surface area contributed by atoms with Crippen molar-refractivity contribution in [1.29, 1.82) is 0 Å². The molecule has 3 rings (SSSR count). The molecule has 30 heavy (non-hydrogen) atoms. The molecule has 0 amide bonds. The first-order chi connectivity index (χ1) is 14.3. The lowest BCUT2D eigenvalue weighted by atomic mass is 10.1. The van der Waals surface area contributed by atoms with E-state index >= 15 is 0 Å². The van der Waals surface area contributed by atoms with Gasteiger partial charge in [0.25, 0.3) is 5.69 Å². The monoisotopic (exact) mass is 405 g/mol. The number of carbonyl (C=O) groups is 2. The first-order valence-electron chi connectivity index (χ1n) is 8.89. The molecule has 0 aromatic heterocycles. The topological polar surface area (TPSA) is 86.5 Å². The maximum atomic E-state index is 13.7. The summed E-state index contributed by atoms with van der Waals surface area (Å²) in [7, 11) is 0. The fraction of sp³-hybridized carbons (Fsp3) is 0.0435. The van der Waals surface area contributed by atoms with Crippen LogP contribution < -0.4 is 4.74 Å². The van der Waals surface area contributed by atoms with Gasteiger partial charge >= 0.3 is 5.97 Å². The van der Waals surface area contributed by atoms with Crippen molar-refractivity contribution in [2.24, 2.45) is 0 Å². The number of benzene rings is 3. The smallest absolute Gasteiger partial charge is 0.343 e. The minimum Gasteiger partial charge on any atom is -0.422 e. The maximum absolute atomic E-state index is 13.7. The largest absolute Gasteiger partial charge is 0.422 e. The van der Waals surface area contributed by atoms with Crippen molar-refractivity contribution in [3.05, 3.63) is 111 Å². The van der Waals surface area contributed by atoms with Crippen molar-refractivity contribution in [3.8, 4) is 5.75 Å². The third-order valence-corrected chi connectivity index (χ3v) is 4.23. The number of aryl methyl sites for hydroxylation is 1. The molecule has 0 radical (unpaired) electrons. The van der Waals surface area contributed by atoms with E-state index in [1.54, 1.807) is 6.08 Å². The van der Waals surface area contributed by atoms with Crippen molar-refractivity contribution < 1.29 is 23.6 Å². The van der Waals surface area contributed by atoms with Crippen LogP contribution in [0, 0.1) is 22.9 Å². The second kappa shape index (κ2) is 8.91. The number of ether oxygens (including phenoxy) is 1. The summed E-state index contributed by atoms with van der Waals surface area (Å²) in [5.74, 6) is -2.13. The van der Waals surface area contributed by atoms with E-state index in [0.717, 1.165) is 35.4 Å². The summed E-state index contributed by atoms with van der Waals surface area (Å²) in [5.41, 5.74) is 1.62. The number of carbonyl (C=O) groups excluding carboxylic acids is 2. The molecule has 3 aromatic carbocycles. The van der Waals surface area contributed by atoms with E-state index in [9.17, 15) is 24.1 Å². The van der Waals surface area contributed by atoms with Crippen LogP contribution in [0.3, 0.4) is 0 Å². The summed E-state index contributed by atoms with van der Waals surface area (Å²) in [5, 5.41) is 10.7. The number of nitro groups is 1. The molecule has 150 valence electrons. The van der Waals surface area contributed by atoms with Gasteiger partial charge in [-0.2, -0.15) is 0 Å². The lowest BCUT2D eigenvalue weighted by Crippen LogP contribution is -2.11. The van der Waals surface area contributed by atoms with E-state index in [-0.39, 0.29) is 22.6 Å². The van der Waals surface area contributed by atoms with Gasteiger partial charge in [0, 0.05) is 12.1 Å². The summed E-state index contributed by atoms with van der Waals surface area (Å²) in [6, 6.07) is 15.5. The first kappa shape index (κ1) is 20.6. The Bertz CT molecular complexity index is 1140. The molecular formula is C23H16FNO5. The number of nitro benzene ring substituents is 1. The van der Waals surface area contributed by atoms with E-state index < -0.39 is 22.5 Å². The summed E-state index contributed by atoms with van der Waals surface area (Å²) < 4.78 is 19.0. The van der Waals surface area contributed by atoms with Crippen LogP contribution in [0.4, 0.5) is 10.1 Å². The molecular weight excluding hydrogens is 389 g/mol. The van der Waals surface area contributed by atoms with E-state index in [4.69, 9.17) is 4.74 Å². The van der Waals surface area contributed by atoms with Crippen LogP contribution >= 0.6 is 0 Å². The first-order valence-corrected chi connectivity index (χ1v) is 8.89. The van der Waals surface area contributed by atoms with Gasteiger partial charge in [-0.25, -0.2) is 9.18 Å². The summed E-state index contributed by atoms with van der Waals surface area (Å²) in [4.78, 5) is 35.1. The van der Waals surface area contributed by atoms with Crippen molar-refractivity contribution >= 4 is 23.5 Å². The zero-order valence-electron chi connectivity index (χ0n) is 15.9. The average Bonchev–Trinajstić information content (AvgIpc) is 2.74. The van der Waals surface area contributed by atoms with Crippen LogP contribution in [0.25, 0.3) is 6.08 Å². The van der Waals surface area contributed by atoms with Crippen LogP contribution in [-0.4, -0.2) is 16.7 Å². The van der Waals surface area contributed by atoms with E-state index in [2.05, 4.69) is 0 Å². The highest BCUT2D eigenvalue weighted by atomic mass is 19.1. The summed E-state index contributed by atoms with van der Waals surface area (Å²) in [6.45, 7) is 1.94. The van der Waals surface area contributed by atoms with Crippen LogP contribution in [0.5, 0.6) is 5.75 Å². The molecule has 0 atom stereocenters. The van der Waals surface area contributed by atoms with Gasteiger partial charge in [0.2, 0.25) is 0 Å². The van der Waals surface area contributed by atoms with E-state index in [1.165, 1.54) is 24.3 Å². The molecule has 0 bridgehead atoms. The Morgan fingerprint density at radius 3 is 2.30 bits per heavy atom. The van der Waals surface area contributed by atoms with Crippen molar-refractivity contribution in [2.45, 2.75) is 6.92 Å². The molecule has 0 unspecified atom stereocenters. The Labute approximate surface area is 171 Å². The number of rotatable bonds is 6. The van der Waals surface area contributed by atoms with Gasteiger partial charge in [-0.15, -0.1) is 0 Å². The van der Waals surface area contributed by atoms with Crippen LogP contribution in [0.2, 0.25) is 0 Å². The van der Waals surface area contributed by atoms with Gasteiger partial charge in [0.05, 0.1) is 16.1 Å². The highest BCUT2D eigenvalue weighted by molar-refractivity contribution is 6.09. The van der Waals surface area contributed by atoms with Crippen molar-refractivity contribution in [3.63, 3.8) is 0 Å². The number of esters is 1. The number of halogens is 1. The highest BCUT2D eigenvalue weighted by Crippen LogP contribution is 2.23. The molecule has 0 aliphatic carbocycles. The quantitative estimate of drug-likeness (QED) is 0.141. The Balaban J connectivity index is 1.82. The highest BCUT2D eigenvalue weighted by Gasteiger charge is 2.17. The predicted molar refractivity (Wildman–Crippen MR) is 109 cm³/mol. The lowest BCUT2D eigenvalue weighted by molar-refractivity contribution is -0.384. The number of allylic oxidation sites excluding steroid dienone is 1. The number of hydrogen-bond acceptors (Lipinski definition) is 5. The lowest BCUT2D eigenvalue weighted by Gasteiger charge is -2.08. The minimum atomic E-state index is -0.826. The zero-order chi connectivity index (χ0) is 21.7. The molecule has 0 N–H and O–H groups in total. The molecule has 0 saturated heterocycles. The SMILES string of the molecule is Cc1ccc(C=CC(=O)c2cc(F)ccc2OC(=O)c2ccc([N+](=O)[O-])cc2)cc1. The second-order valence-electron chi connectivity index (χ2n) is 6.44. The standard InChI is InChI=1S/C23H16FNO5/c1-15-2-4-16(5-3-15)6-12-21(26)20-14-18(24)9-13-22(20)30-23(27)17-7-10-19(11-8-17)25(28)29/h2-14H,1H3. The molecule has 7 heteroatoms. The Hall–Kier alpha value is -4.13. The maximum Gasteiger partial charge on any atom is 0.343 e. The van der Waals surface area contributed by atoms with Gasteiger partial charge in [0.15, 0.2) is 5.78 Å². The molecule has 0 aliphatic rings. The fourth-order valence-electron chi connectivity index (χ4n) is 2.60. The predicted octanol–water partition coefficient (Wildman–Crippen LogP) is 5.16. The molecule has 0 saturated carbocycles. The minimum absolute atomic E-state index is 0.0542. The number of non-ortho nitro benzene ring substituents is 1.